The highest BCUT2D eigenvalue weighted by atomic mass is 16.5. The summed E-state index contributed by atoms with van der Waals surface area (Å²) in [5.74, 6) is -5.04. The number of amides is 7. The van der Waals surface area contributed by atoms with E-state index in [9.17, 15) is 43.8 Å². The van der Waals surface area contributed by atoms with Crippen molar-refractivity contribution in [2.45, 2.75) is 109 Å². The van der Waals surface area contributed by atoms with Gasteiger partial charge in [0.1, 0.15) is 35.7 Å². The Morgan fingerprint density at radius 3 is 2.17 bits per heavy atom. The minimum Gasteiger partial charge on any atom is -0.508 e. The molecule has 11 N–H and O–H groups in total. The molecule has 18 nitrogen and oxygen atoms in total. The number of phenolic OH excluding ortho intramolecular Hbond substituents is 1. The fraction of sp³-hybridized carbons (Fsp3) is 0.537. The first-order valence-electron chi connectivity index (χ1n) is 20.0. The van der Waals surface area contributed by atoms with Crippen molar-refractivity contribution in [3.63, 3.8) is 0 Å². The number of ether oxygens (including phenoxy) is 1. The molecular weight excluding hydrogens is 764 g/mol. The molecule has 0 aliphatic carbocycles. The number of likely N-dealkylation sites (tertiary alicyclic amines) is 1. The topological polar surface area (TPSA) is 285 Å². The van der Waals surface area contributed by atoms with E-state index >= 15 is 0 Å². The van der Waals surface area contributed by atoms with Crippen molar-refractivity contribution in [2.75, 3.05) is 19.7 Å². The summed E-state index contributed by atoms with van der Waals surface area (Å²) in [6.45, 7) is 7.10. The maximum Gasteiger partial charge on any atom is 0.258 e. The molecule has 3 heterocycles. The first kappa shape index (κ1) is 45.9. The van der Waals surface area contributed by atoms with Gasteiger partial charge in [-0.05, 0) is 73.0 Å². The van der Waals surface area contributed by atoms with Gasteiger partial charge in [0, 0.05) is 13.0 Å². The molecule has 18 heteroatoms. The maximum absolute atomic E-state index is 13.9. The van der Waals surface area contributed by atoms with Gasteiger partial charge in [0.15, 0.2) is 6.61 Å². The molecular formula is C41H58N8O10. The summed E-state index contributed by atoms with van der Waals surface area (Å²) in [6, 6.07) is 6.24. The minimum atomic E-state index is -1.50. The quantitative estimate of drug-likeness (QED) is 0.0971. The van der Waals surface area contributed by atoms with Gasteiger partial charge < -0.3 is 53.0 Å². The number of nitrogens with two attached hydrogens (primary N) is 2. The molecule has 3 aliphatic rings. The number of primary amides is 2. The van der Waals surface area contributed by atoms with Crippen LogP contribution in [0.1, 0.15) is 64.5 Å². The molecule has 2 aromatic carbocycles. The van der Waals surface area contributed by atoms with Crippen LogP contribution >= 0.6 is 0 Å². The van der Waals surface area contributed by atoms with Crippen LogP contribution in [0.15, 0.2) is 48.5 Å². The molecule has 1 unspecified atom stereocenters. The number of hydrogen-bond acceptors (Lipinski definition) is 11. The summed E-state index contributed by atoms with van der Waals surface area (Å²) in [5.41, 5.74) is 12.3. The summed E-state index contributed by atoms with van der Waals surface area (Å²) >= 11 is 0. The summed E-state index contributed by atoms with van der Waals surface area (Å²) < 4.78 is 5.67. The van der Waals surface area contributed by atoms with Gasteiger partial charge >= 0.3 is 0 Å². The molecule has 0 spiro atoms. The molecule has 5 rings (SSSR count). The fourth-order valence-corrected chi connectivity index (χ4v) is 7.16. The molecule has 322 valence electrons. The van der Waals surface area contributed by atoms with E-state index < -0.39 is 96.7 Å². The van der Waals surface area contributed by atoms with E-state index in [1.54, 1.807) is 55.1 Å². The van der Waals surface area contributed by atoms with Crippen LogP contribution in [0.25, 0.3) is 0 Å². The van der Waals surface area contributed by atoms with E-state index in [-0.39, 0.29) is 37.0 Å². The first-order valence-corrected chi connectivity index (χ1v) is 20.0. The van der Waals surface area contributed by atoms with Gasteiger partial charge in [0.05, 0.1) is 24.6 Å². The van der Waals surface area contributed by atoms with Gasteiger partial charge in [-0.2, -0.15) is 0 Å². The standard InChI is InChI=1S/C41H58N8O10/c1-5-23(4)36(41(58)47-35(22(2)3)37(43)54)48-40(57)31-7-6-16-49(31)20-32(51)28-17-25-10-14-27(15-11-25)59-21-34(53)44-29(18-24-8-12-26(50)13-9-24)38(55)46-30(19-33(42)52)39(56)45-28/h8-15,22-23,28-32,35-36,50-51H,5-7,16-21H2,1-4H3,(H2,42,52)(H2,43,54)(H,44,53)(H,45,56)(H,46,55)(H,47,58)(H,48,57)/t23?,28-,29-,30-,31-,32-,35-,36-/m0/s1. The number of fused-ring (bicyclic) bond motifs is 13. The molecule has 7 amide bonds. The number of β-amino-alcohol motifs (C(OH)–C–C–N with tert-alkyl or cyclic N) is 1. The third kappa shape index (κ3) is 13.4. The zero-order valence-electron chi connectivity index (χ0n) is 33.9. The summed E-state index contributed by atoms with van der Waals surface area (Å²) in [5, 5.41) is 35.0. The molecule has 59 heavy (non-hydrogen) atoms. The van der Waals surface area contributed by atoms with Crippen LogP contribution < -0.4 is 42.8 Å². The van der Waals surface area contributed by atoms with Crippen LogP contribution in [0.2, 0.25) is 0 Å². The predicted octanol–water partition coefficient (Wildman–Crippen LogP) is -1.12. The van der Waals surface area contributed by atoms with Crippen LogP contribution in [0.3, 0.4) is 0 Å². The lowest BCUT2D eigenvalue weighted by Gasteiger charge is -2.33. The smallest absolute Gasteiger partial charge is 0.258 e. The van der Waals surface area contributed by atoms with Gasteiger partial charge in [-0.15, -0.1) is 0 Å². The van der Waals surface area contributed by atoms with Crippen molar-refractivity contribution >= 4 is 41.4 Å². The lowest BCUT2D eigenvalue weighted by Crippen LogP contribution is -2.60. The predicted molar refractivity (Wildman–Crippen MR) is 215 cm³/mol. The molecule has 3 aliphatic heterocycles. The van der Waals surface area contributed by atoms with Gasteiger partial charge in [-0.3, -0.25) is 38.5 Å². The van der Waals surface area contributed by atoms with E-state index in [2.05, 4.69) is 26.6 Å². The molecule has 0 aromatic heterocycles. The Morgan fingerprint density at radius 2 is 1.56 bits per heavy atom. The number of nitrogens with zero attached hydrogens (tertiary/aromatic N) is 1. The van der Waals surface area contributed by atoms with Crippen molar-refractivity contribution in [1.29, 1.82) is 0 Å². The van der Waals surface area contributed by atoms with Crippen LogP contribution in [-0.2, 0) is 46.4 Å². The van der Waals surface area contributed by atoms with Crippen molar-refractivity contribution in [2.24, 2.45) is 23.3 Å². The monoisotopic (exact) mass is 822 g/mol. The van der Waals surface area contributed by atoms with Gasteiger partial charge in [-0.25, -0.2) is 0 Å². The number of benzene rings is 2. The van der Waals surface area contributed by atoms with E-state index in [0.717, 1.165) is 0 Å². The lowest BCUT2D eigenvalue weighted by molar-refractivity contribution is -0.135. The Labute approximate surface area is 343 Å². The molecule has 0 radical (unpaired) electrons. The van der Waals surface area contributed by atoms with Crippen molar-refractivity contribution < 1.29 is 48.5 Å². The first-order chi connectivity index (χ1) is 27.9. The van der Waals surface area contributed by atoms with Crippen LogP contribution in [0.4, 0.5) is 0 Å². The summed E-state index contributed by atoms with van der Waals surface area (Å²) in [7, 11) is 0. The van der Waals surface area contributed by atoms with Gasteiger partial charge in [0.25, 0.3) is 5.91 Å². The van der Waals surface area contributed by atoms with Gasteiger partial charge in [-0.1, -0.05) is 58.4 Å². The highest BCUT2D eigenvalue weighted by Crippen LogP contribution is 2.22. The maximum atomic E-state index is 13.9. The second kappa shape index (κ2) is 21.3. The third-order valence-electron chi connectivity index (χ3n) is 10.8. The number of carbonyl (C=O) groups is 7. The highest BCUT2D eigenvalue weighted by Gasteiger charge is 2.38. The Balaban J connectivity index is 1.57. The summed E-state index contributed by atoms with van der Waals surface area (Å²) in [4.78, 5) is 93.9. The number of aromatic hydroxyl groups is 1. The van der Waals surface area contributed by atoms with Crippen molar-refractivity contribution in [3.05, 3.63) is 59.7 Å². The average molecular weight is 823 g/mol. The zero-order valence-corrected chi connectivity index (χ0v) is 33.9. The van der Waals surface area contributed by atoms with Crippen LogP contribution in [0.5, 0.6) is 11.5 Å². The number of nitrogens with one attached hydrogen (secondary N) is 5. The molecule has 2 bridgehead atoms. The Hall–Kier alpha value is -5.75. The molecule has 1 fully saturated rings. The second-order valence-electron chi connectivity index (χ2n) is 15.7. The second-order valence-corrected chi connectivity index (χ2v) is 15.7. The Kier molecular flexibility index (Phi) is 16.6. The van der Waals surface area contributed by atoms with E-state index in [4.69, 9.17) is 16.2 Å². The van der Waals surface area contributed by atoms with Crippen LogP contribution in [0, 0.1) is 11.8 Å². The lowest BCUT2D eigenvalue weighted by atomic mass is 9.96. The third-order valence-corrected chi connectivity index (χ3v) is 10.8. The average Bonchev–Trinajstić information content (AvgIpc) is 3.65. The number of hydrogen-bond donors (Lipinski definition) is 9. The summed E-state index contributed by atoms with van der Waals surface area (Å²) in [6.07, 6.45) is -0.275. The molecule has 1 saturated heterocycles. The van der Waals surface area contributed by atoms with Gasteiger partial charge in [0.2, 0.25) is 35.4 Å². The normalized spacial score (nSPS) is 22.5. The molecule has 2 aromatic rings. The van der Waals surface area contributed by atoms with E-state index in [1.807, 2.05) is 13.8 Å². The number of aliphatic hydroxyl groups excluding tert-OH is 1. The Bertz CT molecular complexity index is 1810. The molecule has 0 saturated carbocycles. The molecule has 8 atom stereocenters. The van der Waals surface area contributed by atoms with Crippen molar-refractivity contribution in [3.8, 4) is 11.5 Å². The number of carbonyl (C=O) groups excluding carboxylic acids is 7. The van der Waals surface area contributed by atoms with E-state index in [0.29, 0.717) is 42.7 Å². The van der Waals surface area contributed by atoms with Crippen LogP contribution in [-0.4, -0.2) is 119 Å². The van der Waals surface area contributed by atoms with Crippen molar-refractivity contribution in [1.82, 2.24) is 31.5 Å². The largest absolute Gasteiger partial charge is 0.508 e. The van der Waals surface area contributed by atoms with E-state index in [1.165, 1.54) is 12.1 Å². The highest BCUT2D eigenvalue weighted by molar-refractivity contribution is 5.95. The minimum absolute atomic E-state index is 0.00379. The number of aliphatic hydroxyl groups is 1. The SMILES string of the molecule is CCC(C)[C@H](NC(=O)[C@@H]1CCCN1C[C@H](O)[C@@H]1Cc2ccc(cc2)OCC(=O)N[C@@H](Cc2ccc(O)cc2)C(=O)N[C@@H](CC(N)=O)C(=O)N1)C(=O)N[C@H](C(N)=O)C(C)C. The number of rotatable bonds is 15. The Morgan fingerprint density at radius 1 is 0.898 bits per heavy atom. The fourth-order valence-electron chi connectivity index (χ4n) is 7.16. The number of phenols is 1. The zero-order chi connectivity index (χ0) is 43.4.